The molecule has 0 spiro atoms. The molecule has 1 aromatic heterocycles. The van der Waals surface area contributed by atoms with Crippen molar-refractivity contribution in [2.45, 2.75) is 13.0 Å². The van der Waals surface area contributed by atoms with Gasteiger partial charge in [0, 0.05) is 29.9 Å². The fourth-order valence-electron chi connectivity index (χ4n) is 3.05. The number of halogens is 1. The highest BCUT2D eigenvalue weighted by molar-refractivity contribution is 6.30. The van der Waals surface area contributed by atoms with Crippen molar-refractivity contribution in [3.05, 3.63) is 65.0 Å². The van der Waals surface area contributed by atoms with Crippen molar-refractivity contribution in [3.63, 3.8) is 0 Å². The van der Waals surface area contributed by atoms with Crippen LogP contribution in [0.15, 0.2) is 58.0 Å². The maximum Gasteiger partial charge on any atom is 0.246 e. The Kier molecular flexibility index (Phi) is 4.58. The third-order valence-electron chi connectivity index (χ3n) is 4.32. The summed E-state index contributed by atoms with van der Waals surface area (Å²) in [5, 5.41) is 8.01. The monoisotopic (exact) mass is 367 g/mol. The zero-order valence-corrected chi connectivity index (χ0v) is 15.1. The Hall–Kier alpha value is -2.86. The number of nitrogens with one attached hydrogen (secondary N) is 1. The number of aromatic nitrogens is 2. The minimum Gasteiger partial charge on any atom is -0.347 e. The number of anilines is 1. The van der Waals surface area contributed by atoms with E-state index in [1.165, 1.54) is 11.3 Å². The van der Waals surface area contributed by atoms with Crippen LogP contribution in [0.1, 0.15) is 11.5 Å². The average molecular weight is 368 g/mol. The van der Waals surface area contributed by atoms with E-state index in [0.29, 0.717) is 23.3 Å². The van der Waals surface area contributed by atoms with E-state index in [1.54, 1.807) is 19.2 Å². The third kappa shape index (κ3) is 3.28. The Bertz CT molecular complexity index is 935. The van der Waals surface area contributed by atoms with Crippen molar-refractivity contribution in [1.29, 1.82) is 0 Å². The molecule has 0 unspecified atom stereocenters. The SMILES string of the molecule is CN=C(NCc1nc(-c2ccc(Cl)cc2)no1)N1CCc2ccccc21. The number of rotatable bonds is 3. The molecule has 1 aliphatic rings. The summed E-state index contributed by atoms with van der Waals surface area (Å²) in [6, 6.07) is 15.7. The van der Waals surface area contributed by atoms with E-state index in [1.807, 2.05) is 18.2 Å². The normalized spacial score (nSPS) is 13.8. The molecule has 0 saturated heterocycles. The number of fused-ring (bicyclic) bond motifs is 1. The molecule has 6 nitrogen and oxygen atoms in total. The Balaban J connectivity index is 1.45. The first-order valence-corrected chi connectivity index (χ1v) is 8.77. The molecule has 0 aliphatic carbocycles. The molecule has 0 bridgehead atoms. The van der Waals surface area contributed by atoms with E-state index >= 15 is 0 Å². The smallest absolute Gasteiger partial charge is 0.246 e. The Morgan fingerprint density at radius 2 is 2.04 bits per heavy atom. The summed E-state index contributed by atoms with van der Waals surface area (Å²) in [6.07, 6.45) is 1.01. The highest BCUT2D eigenvalue weighted by Crippen LogP contribution is 2.27. The van der Waals surface area contributed by atoms with Crippen LogP contribution >= 0.6 is 11.6 Å². The summed E-state index contributed by atoms with van der Waals surface area (Å²) in [5.41, 5.74) is 3.38. The van der Waals surface area contributed by atoms with Gasteiger partial charge in [0.2, 0.25) is 11.7 Å². The van der Waals surface area contributed by atoms with E-state index in [9.17, 15) is 0 Å². The number of aliphatic imine (C=N–C) groups is 1. The van der Waals surface area contributed by atoms with Crippen LogP contribution in [-0.4, -0.2) is 29.7 Å². The molecule has 0 radical (unpaired) electrons. The third-order valence-corrected chi connectivity index (χ3v) is 4.57. The number of guanidine groups is 1. The summed E-state index contributed by atoms with van der Waals surface area (Å²) < 4.78 is 5.35. The molecule has 3 aromatic rings. The minimum atomic E-state index is 0.409. The van der Waals surface area contributed by atoms with E-state index in [2.05, 4.69) is 43.5 Å². The van der Waals surface area contributed by atoms with Crippen molar-refractivity contribution in [1.82, 2.24) is 15.5 Å². The number of para-hydroxylation sites is 1. The number of hydrogen-bond acceptors (Lipinski definition) is 4. The molecule has 2 heterocycles. The van der Waals surface area contributed by atoms with Gasteiger partial charge in [-0.2, -0.15) is 4.98 Å². The highest BCUT2D eigenvalue weighted by atomic mass is 35.5. The molecule has 0 saturated carbocycles. The van der Waals surface area contributed by atoms with E-state index in [0.717, 1.165) is 24.5 Å². The van der Waals surface area contributed by atoms with E-state index in [-0.39, 0.29) is 0 Å². The first-order valence-electron chi connectivity index (χ1n) is 8.39. The van der Waals surface area contributed by atoms with E-state index in [4.69, 9.17) is 16.1 Å². The lowest BCUT2D eigenvalue weighted by atomic mass is 10.2. The predicted octanol–water partition coefficient (Wildman–Crippen LogP) is 3.53. The van der Waals surface area contributed by atoms with Crippen LogP contribution in [0.3, 0.4) is 0 Å². The molecule has 7 heteroatoms. The van der Waals surface area contributed by atoms with E-state index < -0.39 is 0 Å². The fourth-order valence-corrected chi connectivity index (χ4v) is 3.18. The van der Waals surface area contributed by atoms with Gasteiger partial charge < -0.3 is 14.7 Å². The van der Waals surface area contributed by atoms with Gasteiger partial charge in [0.15, 0.2) is 5.96 Å². The van der Waals surface area contributed by atoms with Crippen molar-refractivity contribution in [2.75, 3.05) is 18.5 Å². The van der Waals surface area contributed by atoms with Gasteiger partial charge in [-0.25, -0.2) is 0 Å². The van der Waals surface area contributed by atoms with Crippen LogP contribution < -0.4 is 10.2 Å². The number of nitrogens with zero attached hydrogens (tertiary/aromatic N) is 4. The lowest BCUT2D eigenvalue weighted by molar-refractivity contribution is 0.375. The van der Waals surface area contributed by atoms with Gasteiger partial charge in [0.05, 0.1) is 6.54 Å². The first-order chi connectivity index (χ1) is 12.7. The van der Waals surface area contributed by atoms with Crippen molar-refractivity contribution in [2.24, 2.45) is 4.99 Å². The quantitative estimate of drug-likeness (QED) is 0.566. The lowest BCUT2D eigenvalue weighted by Crippen LogP contribution is -2.40. The van der Waals surface area contributed by atoms with Crippen molar-refractivity contribution in [3.8, 4) is 11.4 Å². The van der Waals surface area contributed by atoms with Crippen molar-refractivity contribution >= 4 is 23.2 Å². The molecule has 0 atom stereocenters. The molecule has 1 N–H and O–H groups in total. The lowest BCUT2D eigenvalue weighted by Gasteiger charge is -2.21. The zero-order chi connectivity index (χ0) is 17.9. The van der Waals surface area contributed by atoms with Crippen LogP contribution in [-0.2, 0) is 13.0 Å². The second-order valence-electron chi connectivity index (χ2n) is 5.95. The van der Waals surface area contributed by atoms with Gasteiger partial charge in [-0.05, 0) is 42.3 Å². The van der Waals surface area contributed by atoms with Gasteiger partial charge in [0.25, 0.3) is 0 Å². The molecule has 0 amide bonds. The Labute approximate surface area is 156 Å². The van der Waals surface area contributed by atoms with Crippen LogP contribution in [0, 0.1) is 0 Å². The van der Waals surface area contributed by atoms with Crippen LogP contribution in [0.5, 0.6) is 0 Å². The summed E-state index contributed by atoms with van der Waals surface area (Å²) in [6.45, 7) is 1.31. The topological polar surface area (TPSA) is 66.5 Å². The van der Waals surface area contributed by atoms with Crippen LogP contribution in [0.2, 0.25) is 5.02 Å². The largest absolute Gasteiger partial charge is 0.347 e. The maximum absolute atomic E-state index is 5.91. The van der Waals surface area contributed by atoms with Gasteiger partial charge in [-0.15, -0.1) is 0 Å². The molecular weight excluding hydrogens is 350 g/mol. The second kappa shape index (κ2) is 7.17. The Morgan fingerprint density at radius 3 is 2.85 bits per heavy atom. The van der Waals surface area contributed by atoms with Gasteiger partial charge in [0.1, 0.15) is 0 Å². The number of hydrogen-bond donors (Lipinski definition) is 1. The molecule has 132 valence electrons. The zero-order valence-electron chi connectivity index (χ0n) is 14.3. The second-order valence-corrected chi connectivity index (χ2v) is 6.39. The highest BCUT2D eigenvalue weighted by Gasteiger charge is 2.22. The summed E-state index contributed by atoms with van der Waals surface area (Å²) in [5.74, 6) is 1.84. The predicted molar refractivity (Wildman–Crippen MR) is 102 cm³/mol. The first kappa shape index (κ1) is 16.6. The summed E-state index contributed by atoms with van der Waals surface area (Å²) in [7, 11) is 1.77. The maximum atomic E-state index is 5.91. The summed E-state index contributed by atoms with van der Waals surface area (Å²) in [4.78, 5) is 11.0. The van der Waals surface area contributed by atoms with Crippen molar-refractivity contribution < 1.29 is 4.52 Å². The van der Waals surface area contributed by atoms with Gasteiger partial charge >= 0.3 is 0 Å². The molecular formula is C19H18ClN5O. The summed E-state index contributed by atoms with van der Waals surface area (Å²) >= 11 is 5.91. The molecule has 4 rings (SSSR count). The van der Waals surface area contributed by atoms with Crippen LogP contribution in [0.4, 0.5) is 5.69 Å². The fraction of sp³-hybridized carbons (Fsp3) is 0.211. The average Bonchev–Trinajstić information content (AvgIpc) is 3.31. The molecule has 1 aliphatic heterocycles. The minimum absolute atomic E-state index is 0.409. The molecule has 26 heavy (non-hydrogen) atoms. The van der Waals surface area contributed by atoms with Crippen LogP contribution in [0.25, 0.3) is 11.4 Å². The molecule has 0 fully saturated rings. The Morgan fingerprint density at radius 1 is 1.23 bits per heavy atom. The standard InChI is InChI=1S/C19H18ClN5O/c1-21-19(25-11-10-13-4-2-3-5-16(13)25)22-12-17-23-18(24-26-17)14-6-8-15(20)9-7-14/h2-9H,10-12H2,1H3,(H,21,22). The number of benzene rings is 2. The molecule has 2 aromatic carbocycles. The van der Waals surface area contributed by atoms with Gasteiger partial charge in [-0.3, -0.25) is 4.99 Å². The van der Waals surface area contributed by atoms with Gasteiger partial charge in [-0.1, -0.05) is 35.0 Å².